The predicted octanol–water partition coefficient (Wildman–Crippen LogP) is 3.25. The maximum atomic E-state index is 2.72. The normalized spacial score (nSPS) is 12.1. The van der Waals surface area contributed by atoms with Gasteiger partial charge in [-0.3, -0.25) is 0 Å². The van der Waals surface area contributed by atoms with E-state index in [1.165, 1.54) is 18.6 Å². The summed E-state index contributed by atoms with van der Waals surface area (Å²) in [5.74, 6) is 0. The Morgan fingerprint density at radius 3 is 1.14 bits per heavy atom. The third-order valence-electron chi connectivity index (χ3n) is 3.30. The van der Waals surface area contributed by atoms with Crippen LogP contribution in [0.2, 0.25) is 0 Å². The van der Waals surface area contributed by atoms with Crippen LogP contribution in [0.25, 0.3) is 0 Å². The molecule has 0 saturated heterocycles. The number of hydrogen-bond donors (Lipinski definition) is 0. The van der Waals surface area contributed by atoms with E-state index < -0.39 is 10.3 Å². The van der Waals surface area contributed by atoms with Crippen LogP contribution in [0, 0.1) is 0 Å². The van der Waals surface area contributed by atoms with E-state index in [2.05, 4.69) is 124 Å². The number of halogens is 2. The van der Waals surface area contributed by atoms with Crippen molar-refractivity contribution in [2.75, 3.05) is 38.0 Å². The molecule has 0 N–H and O–H groups in total. The fraction of sp³-hybridized carbons (Fsp3) is 0.250. The first-order valence-electron chi connectivity index (χ1n) is 6.60. The van der Waals surface area contributed by atoms with Gasteiger partial charge in [0, 0.05) is 0 Å². The molecule has 0 amide bonds. The van der Waals surface area contributed by atoms with Crippen molar-refractivity contribution >= 4 is 66.3 Å². The van der Waals surface area contributed by atoms with Crippen molar-refractivity contribution in [2.24, 2.45) is 0 Å². The van der Waals surface area contributed by atoms with Crippen molar-refractivity contribution < 1.29 is 0 Å². The fourth-order valence-electron chi connectivity index (χ4n) is 1.97. The molecule has 5 heteroatoms. The minimum atomic E-state index is -2.26. The van der Waals surface area contributed by atoms with Crippen LogP contribution in [0.4, 0.5) is 11.4 Å². The molecule has 0 atom stereocenters. The quantitative estimate of drug-likeness (QED) is 0.383. The molecule has 0 unspecified atom stereocenters. The summed E-state index contributed by atoms with van der Waals surface area (Å²) < 4.78 is 3.00. The van der Waals surface area contributed by atoms with Crippen LogP contribution in [0.3, 0.4) is 0 Å². The summed E-state index contributed by atoms with van der Waals surface area (Å²) in [4.78, 5) is 4.29. The number of nitrogens with zero attached hydrogens (tertiary/aromatic N) is 2. The molecule has 114 valence electrons. The Balaban J connectivity index is 2.31. The number of benzene rings is 2. The second-order valence-corrected chi connectivity index (χ2v) is 39.6. The van der Waals surface area contributed by atoms with Gasteiger partial charge in [-0.2, -0.15) is 0 Å². The molecule has 0 saturated carbocycles. The van der Waals surface area contributed by atoms with E-state index in [1.54, 1.807) is 0 Å². The van der Waals surface area contributed by atoms with Gasteiger partial charge < -0.3 is 0 Å². The van der Waals surface area contributed by atoms with Crippen LogP contribution in [-0.2, 0) is 0 Å². The molecule has 0 aliphatic carbocycles. The predicted molar refractivity (Wildman–Crippen MR) is 115 cm³/mol. The van der Waals surface area contributed by atoms with Gasteiger partial charge in [0.2, 0.25) is 0 Å². The zero-order chi connectivity index (χ0) is 15.6. The van der Waals surface area contributed by atoms with E-state index in [0.29, 0.717) is 0 Å². The summed E-state index contributed by atoms with van der Waals surface area (Å²) >= 11 is 5.43. The summed E-state index contributed by atoms with van der Waals surface area (Å²) in [6.07, 6.45) is 0. The van der Waals surface area contributed by atoms with Crippen LogP contribution >= 0.6 is 37.4 Å². The number of rotatable bonds is 4. The van der Waals surface area contributed by atoms with Gasteiger partial charge in [0.15, 0.2) is 0 Å². The summed E-state index contributed by atoms with van der Waals surface area (Å²) in [6, 6.07) is 18.1. The van der Waals surface area contributed by atoms with Gasteiger partial charge in [-0.25, -0.2) is 0 Å². The molecule has 0 spiro atoms. The van der Waals surface area contributed by atoms with Crippen LogP contribution in [0.5, 0.6) is 0 Å². The Hall–Kier alpha value is 0.290. The molecule has 2 aromatic rings. The van der Waals surface area contributed by atoms with Crippen molar-refractivity contribution in [3.63, 3.8) is 0 Å². The van der Waals surface area contributed by atoms with Crippen LogP contribution in [0.1, 0.15) is 0 Å². The Morgan fingerprint density at radius 2 is 0.905 bits per heavy atom. The molecule has 0 bridgehead atoms. The molecule has 0 aliphatic rings. The topological polar surface area (TPSA) is 6.48 Å². The molecule has 0 heterocycles. The van der Waals surface area contributed by atoms with Crippen LogP contribution in [-0.4, -0.2) is 38.5 Å². The zero-order valence-electron chi connectivity index (χ0n) is 12.7. The monoisotopic (exact) mass is 624 g/mol. The van der Waals surface area contributed by atoms with E-state index in [4.69, 9.17) is 0 Å². The molecule has 2 aromatic carbocycles. The van der Waals surface area contributed by atoms with Crippen LogP contribution in [0.15, 0.2) is 48.5 Å². The third-order valence-corrected chi connectivity index (χ3v) is 21.9. The van der Waals surface area contributed by atoms with E-state index in [-0.39, 0.29) is 0 Å². The molecule has 0 fully saturated rings. The van der Waals surface area contributed by atoms with Crippen molar-refractivity contribution in [2.45, 2.75) is 0 Å². The van der Waals surface area contributed by atoms with Gasteiger partial charge >= 0.3 is 153 Å². The van der Waals surface area contributed by atoms with Crippen molar-refractivity contribution in [3.05, 3.63) is 48.5 Å². The van der Waals surface area contributed by atoms with Gasteiger partial charge in [0.05, 0.1) is 0 Å². The van der Waals surface area contributed by atoms with E-state index >= 15 is 0 Å². The van der Waals surface area contributed by atoms with Gasteiger partial charge in [-0.05, 0) is 0 Å². The third kappa shape index (κ3) is 4.18. The van der Waals surface area contributed by atoms with Gasteiger partial charge in [0.1, 0.15) is 0 Å². The van der Waals surface area contributed by atoms with Crippen molar-refractivity contribution in [3.8, 4) is 0 Å². The second-order valence-electron chi connectivity index (χ2n) is 5.25. The van der Waals surface area contributed by atoms with Gasteiger partial charge in [0.25, 0.3) is 0 Å². The second kappa shape index (κ2) is 7.24. The first-order valence-corrected chi connectivity index (χ1v) is 22.5. The first-order chi connectivity index (χ1) is 9.82. The molecular formula is C16H20I2N2Te. The average Bonchev–Trinajstić information content (AvgIpc) is 2.47. The summed E-state index contributed by atoms with van der Waals surface area (Å²) in [7, 11) is 6.06. The Morgan fingerprint density at radius 1 is 0.619 bits per heavy atom. The number of anilines is 2. The van der Waals surface area contributed by atoms with E-state index in [1.807, 2.05) is 0 Å². The molecule has 21 heavy (non-hydrogen) atoms. The average molecular weight is 622 g/mol. The summed E-state index contributed by atoms with van der Waals surface area (Å²) in [5.41, 5.74) is 2.52. The van der Waals surface area contributed by atoms with Gasteiger partial charge in [-0.1, -0.05) is 0 Å². The first kappa shape index (κ1) is 17.6. The van der Waals surface area contributed by atoms with Crippen molar-refractivity contribution in [1.29, 1.82) is 0 Å². The van der Waals surface area contributed by atoms with Gasteiger partial charge in [-0.15, -0.1) is 0 Å². The fourth-order valence-corrected chi connectivity index (χ4v) is 13.3. The standard InChI is InChI=1S/C16H20I2N2Te/c1-19(2)13-5-9-15(10-6-13)21(17,18)16-11-7-14(8-12-16)20(3)4/h5-12H,1-4H3. The zero-order valence-corrected chi connectivity index (χ0v) is 19.3. The van der Waals surface area contributed by atoms with Crippen LogP contribution < -0.4 is 17.0 Å². The Kier molecular flexibility index (Phi) is 6.08. The Labute approximate surface area is 151 Å². The van der Waals surface area contributed by atoms with E-state index in [0.717, 1.165) is 0 Å². The summed E-state index contributed by atoms with van der Waals surface area (Å²) in [5, 5.41) is 0. The van der Waals surface area contributed by atoms with Crippen molar-refractivity contribution in [1.82, 2.24) is 0 Å². The Bertz CT molecular complexity index is 539. The minimum absolute atomic E-state index is 1.26. The summed E-state index contributed by atoms with van der Waals surface area (Å²) in [6.45, 7) is 0. The van der Waals surface area contributed by atoms with E-state index in [9.17, 15) is 0 Å². The number of hydrogen-bond acceptors (Lipinski definition) is 2. The molecule has 2 rings (SSSR count). The molecule has 0 aromatic heterocycles. The molecule has 0 aliphatic heterocycles. The maximum absolute atomic E-state index is 2.72. The molecule has 0 radical (unpaired) electrons. The molecular weight excluding hydrogens is 602 g/mol. The molecule has 2 nitrogen and oxygen atoms in total. The SMILES string of the molecule is CN(C)c1ccc([Te](I)(I)c2ccc(N(C)C)cc2)cc1.